The van der Waals surface area contributed by atoms with Crippen LogP contribution in [0, 0.1) is 0 Å². The maximum absolute atomic E-state index is 12.7. The Hall–Kier alpha value is -2.75. The molecule has 1 aromatic heterocycles. The van der Waals surface area contributed by atoms with Crippen LogP contribution in [0.25, 0.3) is 10.9 Å². The molecule has 3 aromatic rings. The van der Waals surface area contributed by atoms with Crippen LogP contribution in [0.5, 0.6) is 11.5 Å². The molecule has 0 aliphatic carbocycles. The second-order valence-corrected chi connectivity index (χ2v) is 4.65. The van der Waals surface area contributed by atoms with Crippen molar-refractivity contribution >= 4 is 16.7 Å². The van der Waals surface area contributed by atoms with Gasteiger partial charge in [0.2, 0.25) is 0 Å². The summed E-state index contributed by atoms with van der Waals surface area (Å²) in [5.74, 6) is 1.10. The first-order valence-electron chi connectivity index (χ1n) is 6.57. The second-order valence-electron chi connectivity index (χ2n) is 4.65. The molecule has 2 aromatic carbocycles. The molecule has 0 atom stereocenters. The van der Waals surface area contributed by atoms with Crippen molar-refractivity contribution in [2.24, 2.45) is 0 Å². The molecule has 1 N–H and O–H groups in total. The molecule has 3 rings (SSSR count). The van der Waals surface area contributed by atoms with E-state index in [1.165, 1.54) is 0 Å². The van der Waals surface area contributed by atoms with E-state index < -0.39 is 0 Å². The molecule has 106 valence electrons. The standard InChI is InChI=1S/C17H15NO3/c1-20-14-7-6-12(10-15(14)21-2)17(19)13-5-3-4-11-8-9-18-16(11)13/h3-10,18H,1-2H3. The lowest BCUT2D eigenvalue weighted by Crippen LogP contribution is -2.03. The molecule has 0 amide bonds. The number of H-pyrrole nitrogens is 1. The van der Waals surface area contributed by atoms with Gasteiger partial charge in [0.25, 0.3) is 0 Å². The normalized spacial score (nSPS) is 10.6. The van der Waals surface area contributed by atoms with E-state index in [2.05, 4.69) is 4.98 Å². The number of rotatable bonds is 4. The van der Waals surface area contributed by atoms with Crippen LogP contribution in [0.4, 0.5) is 0 Å². The van der Waals surface area contributed by atoms with Gasteiger partial charge < -0.3 is 14.5 Å². The predicted molar refractivity (Wildman–Crippen MR) is 81.3 cm³/mol. The zero-order chi connectivity index (χ0) is 14.8. The summed E-state index contributed by atoms with van der Waals surface area (Å²) in [5, 5.41) is 1.02. The van der Waals surface area contributed by atoms with Gasteiger partial charge in [-0.3, -0.25) is 4.79 Å². The van der Waals surface area contributed by atoms with Gasteiger partial charge in [-0.15, -0.1) is 0 Å². The maximum atomic E-state index is 12.7. The molecule has 0 radical (unpaired) electrons. The zero-order valence-corrected chi connectivity index (χ0v) is 11.8. The van der Waals surface area contributed by atoms with Crippen LogP contribution in [0.3, 0.4) is 0 Å². The number of para-hydroxylation sites is 1. The fourth-order valence-corrected chi connectivity index (χ4v) is 2.41. The molecule has 0 saturated heterocycles. The van der Waals surface area contributed by atoms with Crippen LogP contribution in [-0.4, -0.2) is 25.0 Å². The number of carbonyl (C=O) groups excluding carboxylic acids is 1. The fourth-order valence-electron chi connectivity index (χ4n) is 2.41. The summed E-state index contributed by atoms with van der Waals surface area (Å²) in [6, 6.07) is 12.8. The Morgan fingerprint density at radius 2 is 1.81 bits per heavy atom. The summed E-state index contributed by atoms with van der Waals surface area (Å²) in [4.78, 5) is 15.8. The van der Waals surface area contributed by atoms with Crippen molar-refractivity contribution < 1.29 is 14.3 Å². The highest BCUT2D eigenvalue weighted by molar-refractivity contribution is 6.15. The highest BCUT2D eigenvalue weighted by Gasteiger charge is 2.15. The van der Waals surface area contributed by atoms with Crippen LogP contribution in [0.1, 0.15) is 15.9 Å². The third-order valence-corrected chi connectivity index (χ3v) is 3.48. The Morgan fingerprint density at radius 3 is 2.57 bits per heavy atom. The molecule has 0 aliphatic rings. The molecule has 4 heteroatoms. The lowest BCUT2D eigenvalue weighted by Gasteiger charge is -2.09. The smallest absolute Gasteiger partial charge is 0.195 e. The van der Waals surface area contributed by atoms with E-state index >= 15 is 0 Å². The first kappa shape index (κ1) is 13.2. The summed E-state index contributed by atoms with van der Waals surface area (Å²) < 4.78 is 10.4. The van der Waals surface area contributed by atoms with Crippen LogP contribution >= 0.6 is 0 Å². The highest BCUT2D eigenvalue weighted by Crippen LogP contribution is 2.29. The Morgan fingerprint density at radius 1 is 1.00 bits per heavy atom. The third-order valence-electron chi connectivity index (χ3n) is 3.48. The monoisotopic (exact) mass is 281 g/mol. The van der Waals surface area contributed by atoms with Gasteiger partial charge >= 0.3 is 0 Å². The molecule has 1 heterocycles. The third kappa shape index (κ3) is 2.25. The molecule has 0 bridgehead atoms. The van der Waals surface area contributed by atoms with E-state index in [1.54, 1.807) is 32.4 Å². The summed E-state index contributed by atoms with van der Waals surface area (Å²) in [6.45, 7) is 0. The number of hydrogen-bond donors (Lipinski definition) is 1. The molecule has 0 fully saturated rings. The number of hydrogen-bond acceptors (Lipinski definition) is 3. The van der Waals surface area contributed by atoms with Crippen LogP contribution in [0.2, 0.25) is 0 Å². The highest BCUT2D eigenvalue weighted by atomic mass is 16.5. The van der Waals surface area contributed by atoms with Gasteiger partial charge in [0.1, 0.15) is 0 Å². The SMILES string of the molecule is COc1ccc(C(=O)c2cccc3cc[nH]c23)cc1OC. The number of methoxy groups -OCH3 is 2. The van der Waals surface area contributed by atoms with Crippen LogP contribution in [0.15, 0.2) is 48.7 Å². The van der Waals surface area contributed by atoms with Crippen molar-refractivity contribution in [3.8, 4) is 11.5 Å². The number of nitrogens with one attached hydrogen (secondary N) is 1. The number of carbonyl (C=O) groups is 1. The largest absolute Gasteiger partial charge is 0.493 e. The maximum Gasteiger partial charge on any atom is 0.195 e. The summed E-state index contributed by atoms with van der Waals surface area (Å²) in [5.41, 5.74) is 2.05. The number of aromatic nitrogens is 1. The van der Waals surface area contributed by atoms with E-state index in [-0.39, 0.29) is 5.78 Å². The van der Waals surface area contributed by atoms with E-state index in [1.807, 2.05) is 30.5 Å². The molecule has 4 nitrogen and oxygen atoms in total. The van der Waals surface area contributed by atoms with Crippen molar-refractivity contribution in [3.63, 3.8) is 0 Å². The van der Waals surface area contributed by atoms with Gasteiger partial charge in [0, 0.05) is 22.7 Å². The minimum absolute atomic E-state index is 0.0518. The number of ketones is 1. The van der Waals surface area contributed by atoms with Crippen molar-refractivity contribution in [3.05, 3.63) is 59.8 Å². The fraction of sp³-hybridized carbons (Fsp3) is 0.118. The summed E-state index contributed by atoms with van der Waals surface area (Å²) in [7, 11) is 3.12. The molecule has 0 aliphatic heterocycles. The van der Waals surface area contributed by atoms with Crippen molar-refractivity contribution in [2.75, 3.05) is 14.2 Å². The molecular weight excluding hydrogens is 266 g/mol. The van der Waals surface area contributed by atoms with Crippen molar-refractivity contribution in [1.82, 2.24) is 4.98 Å². The number of fused-ring (bicyclic) bond motifs is 1. The number of benzene rings is 2. The van der Waals surface area contributed by atoms with Crippen LogP contribution in [-0.2, 0) is 0 Å². The molecule has 0 unspecified atom stereocenters. The summed E-state index contributed by atoms with van der Waals surface area (Å²) >= 11 is 0. The lowest BCUT2D eigenvalue weighted by molar-refractivity contribution is 0.103. The second kappa shape index (κ2) is 5.32. The van der Waals surface area contributed by atoms with E-state index in [4.69, 9.17) is 9.47 Å². The van der Waals surface area contributed by atoms with Gasteiger partial charge in [-0.1, -0.05) is 12.1 Å². The van der Waals surface area contributed by atoms with Gasteiger partial charge in [-0.05, 0) is 30.3 Å². The predicted octanol–water partition coefficient (Wildman–Crippen LogP) is 3.42. The lowest BCUT2D eigenvalue weighted by atomic mass is 10.0. The molecule has 21 heavy (non-hydrogen) atoms. The van der Waals surface area contributed by atoms with E-state index in [9.17, 15) is 4.79 Å². The van der Waals surface area contributed by atoms with Crippen molar-refractivity contribution in [2.45, 2.75) is 0 Å². The first-order chi connectivity index (χ1) is 10.2. The topological polar surface area (TPSA) is 51.3 Å². The minimum atomic E-state index is -0.0518. The van der Waals surface area contributed by atoms with Gasteiger partial charge in [0.15, 0.2) is 17.3 Å². The average Bonchev–Trinajstić information content (AvgIpc) is 3.02. The Balaban J connectivity index is 2.08. The van der Waals surface area contributed by atoms with Gasteiger partial charge in [-0.2, -0.15) is 0 Å². The number of aromatic amines is 1. The summed E-state index contributed by atoms with van der Waals surface area (Å²) in [6.07, 6.45) is 1.83. The van der Waals surface area contributed by atoms with Crippen molar-refractivity contribution in [1.29, 1.82) is 0 Å². The zero-order valence-electron chi connectivity index (χ0n) is 11.8. The van der Waals surface area contributed by atoms with E-state index in [0.29, 0.717) is 22.6 Å². The molecule has 0 spiro atoms. The Kier molecular flexibility index (Phi) is 3.36. The molecule has 0 saturated carbocycles. The first-order valence-corrected chi connectivity index (χ1v) is 6.57. The Labute approximate surface area is 122 Å². The quantitative estimate of drug-likeness (QED) is 0.745. The van der Waals surface area contributed by atoms with Crippen LogP contribution < -0.4 is 9.47 Å². The van der Waals surface area contributed by atoms with E-state index in [0.717, 1.165) is 10.9 Å². The van der Waals surface area contributed by atoms with Gasteiger partial charge in [0.05, 0.1) is 19.7 Å². The average molecular weight is 281 g/mol. The minimum Gasteiger partial charge on any atom is -0.493 e. The number of ether oxygens (including phenoxy) is 2. The Bertz CT molecular complexity index is 805. The van der Waals surface area contributed by atoms with Gasteiger partial charge in [-0.25, -0.2) is 0 Å². The molecular formula is C17H15NO3.